The van der Waals surface area contributed by atoms with Crippen LogP contribution in [-0.4, -0.2) is 39.7 Å². The van der Waals surface area contributed by atoms with Crippen molar-refractivity contribution in [2.45, 2.75) is 18.4 Å². The van der Waals surface area contributed by atoms with Crippen molar-refractivity contribution in [1.82, 2.24) is 5.32 Å². The molecule has 1 heterocycles. The zero-order chi connectivity index (χ0) is 25.7. The van der Waals surface area contributed by atoms with Gasteiger partial charge in [-0.05, 0) is 66.6 Å². The fourth-order valence-corrected chi connectivity index (χ4v) is 4.86. The van der Waals surface area contributed by atoms with Crippen molar-refractivity contribution in [3.05, 3.63) is 82.3 Å². The Labute approximate surface area is 215 Å². The van der Waals surface area contributed by atoms with Crippen molar-refractivity contribution >= 4 is 35.3 Å². The predicted molar refractivity (Wildman–Crippen MR) is 142 cm³/mol. The Balaban J connectivity index is 1.50. The standard InChI is InChI=1S/C28H28N2O5S/c1-5-35-23-12-8-19(14-24(23)34-4)15-26-28(32)30(2)22-16-20(9-13-25(22)36-26)27(31)29-17-18-6-10-21(33-3)11-7-18/h6-16H,5,17H2,1-4H3,(H,29,31)/b26-15+. The molecular formula is C28H28N2O5S. The molecule has 1 aliphatic heterocycles. The summed E-state index contributed by atoms with van der Waals surface area (Å²) in [4.78, 5) is 29.0. The molecule has 0 radical (unpaired) electrons. The smallest absolute Gasteiger partial charge is 0.264 e. The van der Waals surface area contributed by atoms with E-state index in [0.29, 0.717) is 40.8 Å². The number of rotatable bonds is 8. The fraction of sp³-hybridized carbons (Fsp3) is 0.214. The highest BCUT2D eigenvalue weighted by Gasteiger charge is 2.27. The van der Waals surface area contributed by atoms with E-state index in [-0.39, 0.29) is 11.8 Å². The highest BCUT2D eigenvalue weighted by molar-refractivity contribution is 8.04. The number of carbonyl (C=O) groups excluding carboxylic acids is 2. The molecule has 186 valence electrons. The van der Waals surface area contributed by atoms with Crippen LogP contribution in [0.15, 0.2) is 70.5 Å². The molecule has 0 fully saturated rings. The molecule has 0 bridgehead atoms. The van der Waals surface area contributed by atoms with Crippen molar-refractivity contribution in [2.75, 3.05) is 32.8 Å². The summed E-state index contributed by atoms with van der Waals surface area (Å²) < 4.78 is 16.2. The number of nitrogens with one attached hydrogen (secondary N) is 1. The number of nitrogens with zero attached hydrogens (tertiary/aromatic N) is 1. The van der Waals surface area contributed by atoms with E-state index < -0.39 is 0 Å². The van der Waals surface area contributed by atoms with Crippen molar-refractivity contribution in [2.24, 2.45) is 0 Å². The van der Waals surface area contributed by atoms with E-state index in [1.807, 2.05) is 61.5 Å². The van der Waals surface area contributed by atoms with E-state index in [1.54, 1.807) is 38.3 Å². The van der Waals surface area contributed by atoms with E-state index in [2.05, 4.69) is 5.32 Å². The zero-order valence-corrected chi connectivity index (χ0v) is 21.5. The number of amides is 2. The average Bonchev–Trinajstić information content (AvgIpc) is 2.91. The Morgan fingerprint density at radius 1 is 1.00 bits per heavy atom. The Morgan fingerprint density at radius 2 is 1.78 bits per heavy atom. The SMILES string of the molecule is CCOc1ccc(/C=C2/Sc3ccc(C(=O)NCc4ccc(OC)cc4)cc3N(C)C2=O)cc1OC. The molecule has 0 saturated carbocycles. The molecule has 3 aromatic rings. The van der Waals surface area contributed by atoms with Gasteiger partial charge in [-0.25, -0.2) is 0 Å². The van der Waals surface area contributed by atoms with Crippen molar-refractivity contribution in [3.8, 4) is 17.2 Å². The predicted octanol–water partition coefficient (Wildman–Crippen LogP) is 5.14. The third-order valence-electron chi connectivity index (χ3n) is 5.72. The molecule has 0 aromatic heterocycles. The molecule has 0 saturated heterocycles. The molecule has 1 N–H and O–H groups in total. The molecule has 0 spiro atoms. The van der Waals surface area contributed by atoms with E-state index in [4.69, 9.17) is 14.2 Å². The van der Waals surface area contributed by atoms with Crippen LogP contribution < -0.4 is 24.4 Å². The number of benzene rings is 3. The second kappa shape index (κ2) is 11.2. The van der Waals surface area contributed by atoms with Crippen LogP contribution in [0.1, 0.15) is 28.4 Å². The van der Waals surface area contributed by atoms with Gasteiger partial charge in [0.2, 0.25) is 0 Å². The van der Waals surface area contributed by atoms with Gasteiger partial charge in [0, 0.05) is 24.1 Å². The van der Waals surface area contributed by atoms with Gasteiger partial charge in [0.15, 0.2) is 11.5 Å². The Morgan fingerprint density at radius 3 is 2.47 bits per heavy atom. The van der Waals surface area contributed by atoms with Crippen LogP contribution in [0.5, 0.6) is 17.2 Å². The average molecular weight is 505 g/mol. The maximum atomic E-state index is 13.1. The first kappa shape index (κ1) is 25.2. The van der Waals surface area contributed by atoms with Crippen LogP contribution in [0.3, 0.4) is 0 Å². The minimum Gasteiger partial charge on any atom is -0.497 e. The minimum absolute atomic E-state index is 0.142. The maximum absolute atomic E-state index is 13.1. The number of ether oxygens (including phenoxy) is 3. The first-order valence-corrected chi connectivity index (χ1v) is 12.3. The number of methoxy groups -OCH3 is 2. The van der Waals surface area contributed by atoms with E-state index in [0.717, 1.165) is 21.8 Å². The third-order valence-corrected chi connectivity index (χ3v) is 6.79. The van der Waals surface area contributed by atoms with Crippen LogP contribution in [0.25, 0.3) is 6.08 Å². The lowest BCUT2D eigenvalue weighted by atomic mass is 10.1. The molecule has 1 aliphatic rings. The second-order valence-corrected chi connectivity index (χ2v) is 9.12. The van der Waals surface area contributed by atoms with Gasteiger partial charge in [0.1, 0.15) is 5.75 Å². The summed E-state index contributed by atoms with van der Waals surface area (Å²) in [7, 11) is 4.92. The summed E-state index contributed by atoms with van der Waals surface area (Å²) in [6, 6.07) is 18.5. The van der Waals surface area contributed by atoms with Crippen molar-refractivity contribution in [3.63, 3.8) is 0 Å². The molecule has 0 aliphatic carbocycles. The number of fused-ring (bicyclic) bond motifs is 1. The molecule has 0 atom stereocenters. The highest BCUT2D eigenvalue weighted by Crippen LogP contribution is 2.42. The summed E-state index contributed by atoms with van der Waals surface area (Å²) >= 11 is 1.38. The van der Waals surface area contributed by atoms with Gasteiger partial charge in [0.05, 0.1) is 31.4 Å². The summed E-state index contributed by atoms with van der Waals surface area (Å²) in [6.45, 7) is 2.84. The topological polar surface area (TPSA) is 77.1 Å². The molecule has 36 heavy (non-hydrogen) atoms. The van der Waals surface area contributed by atoms with Crippen LogP contribution in [0.2, 0.25) is 0 Å². The van der Waals surface area contributed by atoms with E-state index in [9.17, 15) is 9.59 Å². The van der Waals surface area contributed by atoms with Crippen LogP contribution >= 0.6 is 11.8 Å². The van der Waals surface area contributed by atoms with Gasteiger partial charge < -0.3 is 24.4 Å². The van der Waals surface area contributed by atoms with Gasteiger partial charge >= 0.3 is 0 Å². The first-order valence-electron chi connectivity index (χ1n) is 11.5. The van der Waals surface area contributed by atoms with Gasteiger partial charge in [-0.15, -0.1) is 0 Å². The molecule has 8 heteroatoms. The van der Waals surface area contributed by atoms with Gasteiger partial charge in [-0.2, -0.15) is 0 Å². The summed E-state index contributed by atoms with van der Waals surface area (Å²) in [5, 5.41) is 2.93. The summed E-state index contributed by atoms with van der Waals surface area (Å²) in [5.74, 6) is 1.68. The van der Waals surface area contributed by atoms with Crippen LogP contribution in [-0.2, 0) is 11.3 Å². The van der Waals surface area contributed by atoms with Crippen LogP contribution in [0.4, 0.5) is 5.69 Å². The lowest BCUT2D eigenvalue weighted by molar-refractivity contribution is -0.114. The molecule has 4 rings (SSSR count). The van der Waals surface area contributed by atoms with E-state index in [1.165, 1.54) is 11.8 Å². The monoisotopic (exact) mass is 504 g/mol. The molecular weight excluding hydrogens is 476 g/mol. The number of likely N-dealkylation sites (N-methyl/N-ethyl adjacent to an activating group) is 1. The Hall–Kier alpha value is -3.91. The largest absolute Gasteiger partial charge is 0.497 e. The normalized spacial score (nSPS) is 13.8. The first-order chi connectivity index (χ1) is 17.4. The number of hydrogen-bond donors (Lipinski definition) is 1. The summed E-state index contributed by atoms with van der Waals surface area (Å²) in [6.07, 6.45) is 1.83. The Kier molecular flexibility index (Phi) is 7.85. The molecule has 3 aromatic carbocycles. The summed E-state index contributed by atoms with van der Waals surface area (Å²) in [5.41, 5.74) is 2.98. The number of thioether (sulfide) groups is 1. The molecule has 7 nitrogen and oxygen atoms in total. The number of anilines is 1. The lowest BCUT2D eigenvalue weighted by Crippen LogP contribution is -2.31. The molecule has 0 unspecified atom stereocenters. The second-order valence-electron chi connectivity index (χ2n) is 8.03. The van der Waals surface area contributed by atoms with Gasteiger partial charge in [-0.3, -0.25) is 9.59 Å². The number of hydrogen-bond acceptors (Lipinski definition) is 6. The van der Waals surface area contributed by atoms with Crippen molar-refractivity contribution < 1.29 is 23.8 Å². The zero-order valence-electron chi connectivity index (χ0n) is 20.7. The van der Waals surface area contributed by atoms with Gasteiger partial charge in [0.25, 0.3) is 11.8 Å². The molecule has 2 amide bonds. The fourth-order valence-electron chi connectivity index (χ4n) is 3.76. The third kappa shape index (κ3) is 5.49. The lowest BCUT2D eigenvalue weighted by Gasteiger charge is -2.27. The van der Waals surface area contributed by atoms with Crippen LogP contribution in [0, 0.1) is 0 Å². The number of carbonyl (C=O) groups is 2. The Bertz CT molecular complexity index is 1300. The van der Waals surface area contributed by atoms with Crippen molar-refractivity contribution in [1.29, 1.82) is 0 Å². The highest BCUT2D eigenvalue weighted by atomic mass is 32.2. The van der Waals surface area contributed by atoms with Gasteiger partial charge in [-0.1, -0.05) is 30.0 Å². The quantitative estimate of drug-likeness (QED) is 0.428. The van der Waals surface area contributed by atoms with E-state index >= 15 is 0 Å². The minimum atomic E-state index is -0.206. The maximum Gasteiger partial charge on any atom is 0.264 e.